The molecule has 0 spiro atoms. The maximum atomic E-state index is 6.28. The number of benzene rings is 2. The molecular formula is C22H26O. The van der Waals surface area contributed by atoms with Gasteiger partial charge in [-0.25, -0.2) is 0 Å². The molecule has 2 rings (SSSR count). The van der Waals surface area contributed by atoms with Gasteiger partial charge in [-0.2, -0.15) is 0 Å². The van der Waals surface area contributed by atoms with Crippen LogP contribution in [0.4, 0.5) is 0 Å². The fourth-order valence-electron chi connectivity index (χ4n) is 2.70. The van der Waals surface area contributed by atoms with Crippen LogP contribution in [0, 0.1) is 0 Å². The van der Waals surface area contributed by atoms with Crippen LogP contribution >= 0.6 is 0 Å². The Morgan fingerprint density at radius 2 is 1.22 bits per heavy atom. The zero-order valence-corrected chi connectivity index (χ0v) is 14.3. The van der Waals surface area contributed by atoms with Crippen LogP contribution in [0.5, 0.6) is 11.5 Å². The lowest BCUT2D eigenvalue weighted by molar-refractivity contribution is 0.469. The number of rotatable bonds is 8. The van der Waals surface area contributed by atoms with Gasteiger partial charge in [-0.1, -0.05) is 64.1 Å². The van der Waals surface area contributed by atoms with Crippen LogP contribution in [-0.4, -0.2) is 0 Å². The van der Waals surface area contributed by atoms with Gasteiger partial charge in [0.2, 0.25) is 0 Å². The number of aryl methyl sites for hydroxylation is 2. The Morgan fingerprint density at radius 1 is 0.783 bits per heavy atom. The molecule has 0 aliphatic carbocycles. The van der Waals surface area contributed by atoms with Crippen molar-refractivity contribution in [2.45, 2.75) is 39.5 Å². The lowest BCUT2D eigenvalue weighted by atomic mass is 10.0. The third kappa shape index (κ3) is 4.35. The van der Waals surface area contributed by atoms with Gasteiger partial charge in [-0.15, -0.1) is 0 Å². The number of ether oxygens (including phenoxy) is 1. The molecule has 0 N–H and O–H groups in total. The van der Waals surface area contributed by atoms with E-state index in [9.17, 15) is 0 Å². The first-order valence-electron chi connectivity index (χ1n) is 8.40. The number of hydrogen-bond acceptors (Lipinski definition) is 1. The highest BCUT2D eigenvalue weighted by Gasteiger charge is 2.09. The molecule has 0 amide bonds. The topological polar surface area (TPSA) is 9.23 Å². The van der Waals surface area contributed by atoms with Crippen LogP contribution in [0.2, 0.25) is 0 Å². The number of hydrogen-bond donors (Lipinski definition) is 0. The van der Waals surface area contributed by atoms with E-state index >= 15 is 0 Å². The van der Waals surface area contributed by atoms with Crippen molar-refractivity contribution in [2.24, 2.45) is 0 Å². The van der Waals surface area contributed by atoms with E-state index in [2.05, 4.69) is 63.4 Å². The zero-order valence-electron chi connectivity index (χ0n) is 14.3. The molecule has 0 fully saturated rings. The van der Waals surface area contributed by atoms with Gasteiger partial charge in [0.15, 0.2) is 0 Å². The standard InChI is InChI=1S/C22H26O/c1-5-9-19-15-17(7-3)11-13-21(19)23-22-14-12-18(8-4)16-20(22)10-6-2/h7-8,11-16H,3-6,9-10H2,1-2H3. The molecule has 2 aromatic rings. The first-order chi connectivity index (χ1) is 11.2. The minimum atomic E-state index is 0.946. The monoisotopic (exact) mass is 306 g/mol. The second-order valence-electron chi connectivity index (χ2n) is 5.74. The molecule has 0 radical (unpaired) electrons. The minimum absolute atomic E-state index is 0.946. The molecule has 0 saturated carbocycles. The van der Waals surface area contributed by atoms with Crippen molar-refractivity contribution in [3.05, 3.63) is 71.8 Å². The van der Waals surface area contributed by atoms with Gasteiger partial charge in [0.25, 0.3) is 0 Å². The SMILES string of the molecule is C=Cc1ccc(Oc2ccc(C=C)cc2CCC)c(CCC)c1. The van der Waals surface area contributed by atoms with E-state index in [1.54, 1.807) is 0 Å². The fourth-order valence-corrected chi connectivity index (χ4v) is 2.70. The molecule has 0 aromatic heterocycles. The van der Waals surface area contributed by atoms with Crippen molar-refractivity contribution in [3.8, 4) is 11.5 Å². The Labute approximate surface area is 140 Å². The second-order valence-corrected chi connectivity index (χ2v) is 5.74. The molecular weight excluding hydrogens is 280 g/mol. The Bertz CT molecular complexity index is 623. The maximum absolute atomic E-state index is 6.28. The molecule has 0 saturated heterocycles. The highest BCUT2D eigenvalue weighted by molar-refractivity contribution is 5.55. The lowest BCUT2D eigenvalue weighted by Gasteiger charge is -2.15. The summed E-state index contributed by atoms with van der Waals surface area (Å²) in [6, 6.07) is 12.6. The van der Waals surface area contributed by atoms with E-state index in [0.29, 0.717) is 0 Å². The highest BCUT2D eigenvalue weighted by Crippen LogP contribution is 2.31. The molecule has 0 aliphatic heterocycles. The molecule has 1 heteroatoms. The summed E-state index contributed by atoms with van der Waals surface area (Å²) in [5.41, 5.74) is 4.74. The third-order valence-corrected chi connectivity index (χ3v) is 3.90. The predicted octanol–water partition coefficient (Wildman–Crippen LogP) is 6.67. The van der Waals surface area contributed by atoms with Crippen LogP contribution in [0.1, 0.15) is 48.9 Å². The van der Waals surface area contributed by atoms with Crippen molar-refractivity contribution < 1.29 is 4.74 Å². The first-order valence-corrected chi connectivity index (χ1v) is 8.40. The summed E-state index contributed by atoms with van der Waals surface area (Å²) >= 11 is 0. The van der Waals surface area contributed by atoms with Gasteiger partial charge < -0.3 is 4.74 Å². The molecule has 23 heavy (non-hydrogen) atoms. The fraction of sp³-hybridized carbons (Fsp3) is 0.273. The summed E-state index contributed by atoms with van der Waals surface area (Å²) in [4.78, 5) is 0. The summed E-state index contributed by atoms with van der Waals surface area (Å²) < 4.78 is 6.28. The lowest BCUT2D eigenvalue weighted by Crippen LogP contribution is -1.96. The third-order valence-electron chi connectivity index (χ3n) is 3.90. The molecule has 0 unspecified atom stereocenters. The smallest absolute Gasteiger partial charge is 0.130 e. The van der Waals surface area contributed by atoms with Gasteiger partial charge >= 0.3 is 0 Å². The van der Waals surface area contributed by atoms with Crippen LogP contribution in [0.3, 0.4) is 0 Å². The predicted molar refractivity (Wildman–Crippen MR) is 101 cm³/mol. The van der Waals surface area contributed by atoms with E-state index in [1.807, 2.05) is 12.2 Å². The summed E-state index contributed by atoms with van der Waals surface area (Å²) in [5.74, 6) is 1.89. The van der Waals surface area contributed by atoms with Crippen LogP contribution in [0.25, 0.3) is 12.2 Å². The Morgan fingerprint density at radius 3 is 1.57 bits per heavy atom. The Hall–Kier alpha value is -2.28. The van der Waals surface area contributed by atoms with Crippen molar-refractivity contribution >= 4 is 12.2 Å². The molecule has 120 valence electrons. The van der Waals surface area contributed by atoms with Gasteiger partial charge in [0.05, 0.1) is 0 Å². The highest BCUT2D eigenvalue weighted by atomic mass is 16.5. The van der Waals surface area contributed by atoms with Crippen molar-refractivity contribution in [2.75, 3.05) is 0 Å². The molecule has 0 atom stereocenters. The van der Waals surface area contributed by atoms with Crippen molar-refractivity contribution in [1.82, 2.24) is 0 Å². The van der Waals surface area contributed by atoms with Crippen molar-refractivity contribution in [3.63, 3.8) is 0 Å². The van der Waals surface area contributed by atoms with E-state index in [4.69, 9.17) is 4.74 Å². The summed E-state index contributed by atoms with van der Waals surface area (Å²) in [5, 5.41) is 0. The van der Waals surface area contributed by atoms with Gasteiger partial charge in [0, 0.05) is 0 Å². The average Bonchev–Trinajstić information content (AvgIpc) is 2.58. The summed E-state index contributed by atoms with van der Waals surface area (Å²) in [6.45, 7) is 12.1. The first kappa shape index (κ1) is 17.1. The normalized spacial score (nSPS) is 10.3. The van der Waals surface area contributed by atoms with E-state index < -0.39 is 0 Å². The Balaban J connectivity index is 2.37. The Kier molecular flexibility index (Phi) is 6.22. The van der Waals surface area contributed by atoms with Crippen LogP contribution in [0.15, 0.2) is 49.6 Å². The molecule has 1 nitrogen and oxygen atoms in total. The molecule has 0 heterocycles. The quantitative estimate of drug-likeness (QED) is 0.529. The minimum Gasteiger partial charge on any atom is -0.457 e. The summed E-state index contributed by atoms with van der Waals surface area (Å²) in [6.07, 6.45) is 7.95. The van der Waals surface area contributed by atoms with E-state index in [-0.39, 0.29) is 0 Å². The molecule has 0 bridgehead atoms. The zero-order chi connectivity index (χ0) is 16.7. The summed E-state index contributed by atoms with van der Waals surface area (Å²) in [7, 11) is 0. The molecule has 0 aliphatic rings. The molecule has 2 aromatic carbocycles. The average molecular weight is 306 g/mol. The largest absolute Gasteiger partial charge is 0.457 e. The van der Waals surface area contributed by atoms with E-state index in [0.717, 1.165) is 48.3 Å². The van der Waals surface area contributed by atoms with E-state index in [1.165, 1.54) is 11.1 Å². The van der Waals surface area contributed by atoms with Gasteiger partial charge in [-0.05, 0) is 59.4 Å². The van der Waals surface area contributed by atoms with Gasteiger partial charge in [-0.3, -0.25) is 0 Å². The van der Waals surface area contributed by atoms with Crippen LogP contribution < -0.4 is 4.74 Å². The maximum Gasteiger partial charge on any atom is 0.130 e. The van der Waals surface area contributed by atoms with Crippen LogP contribution in [-0.2, 0) is 12.8 Å². The second kappa shape index (κ2) is 8.38. The van der Waals surface area contributed by atoms with Crippen molar-refractivity contribution in [1.29, 1.82) is 0 Å². The van der Waals surface area contributed by atoms with Gasteiger partial charge in [0.1, 0.15) is 11.5 Å².